The molecule has 1 fully saturated rings. The Morgan fingerprint density at radius 3 is 2.59 bits per heavy atom. The molecule has 2 unspecified atom stereocenters. The van der Waals surface area contributed by atoms with Crippen molar-refractivity contribution in [3.63, 3.8) is 0 Å². The summed E-state index contributed by atoms with van der Waals surface area (Å²) in [5, 5.41) is 2.61. The van der Waals surface area contributed by atoms with E-state index >= 15 is 0 Å². The number of rotatable bonds is 5. The van der Waals surface area contributed by atoms with E-state index in [0.717, 1.165) is 10.6 Å². The van der Waals surface area contributed by atoms with E-state index in [-0.39, 0.29) is 29.6 Å². The first-order valence-electron chi connectivity index (χ1n) is 9.30. The lowest BCUT2D eigenvalue weighted by molar-refractivity contribution is -0.141. The van der Waals surface area contributed by atoms with E-state index in [9.17, 15) is 26.0 Å². The summed E-state index contributed by atoms with van der Waals surface area (Å²) >= 11 is 0. The van der Waals surface area contributed by atoms with Crippen LogP contribution in [-0.2, 0) is 23.2 Å². The molecular weight excluding hydrogens is 454 g/mol. The number of aromatic nitrogens is 5. The third-order valence-electron chi connectivity index (χ3n) is 5.00. The highest BCUT2D eigenvalue weighted by Gasteiger charge is 2.43. The summed E-state index contributed by atoms with van der Waals surface area (Å²) in [6.07, 6.45) is 0.0766. The lowest BCUT2D eigenvalue weighted by Crippen LogP contribution is -2.32. The summed E-state index contributed by atoms with van der Waals surface area (Å²) in [5.74, 6) is -1.62. The van der Waals surface area contributed by atoms with Gasteiger partial charge in [0.1, 0.15) is 23.7 Å². The molecule has 3 aromatic rings. The Bertz CT molecular complexity index is 1230. The highest BCUT2D eigenvalue weighted by atomic mass is 32.2. The molecule has 170 valence electrons. The first kappa shape index (κ1) is 22.1. The molecule has 0 amide bonds. The summed E-state index contributed by atoms with van der Waals surface area (Å²) in [7, 11) is -2.42. The number of halogens is 4. The Balaban J connectivity index is 1.68. The molecule has 0 radical (unpaired) electrons. The molecule has 14 heteroatoms. The number of pyridine rings is 1. The lowest BCUT2D eigenvalue weighted by Gasteiger charge is -2.20. The second-order valence-electron chi connectivity index (χ2n) is 7.21. The molecule has 32 heavy (non-hydrogen) atoms. The van der Waals surface area contributed by atoms with Gasteiger partial charge in [-0.05, 0) is 12.1 Å². The molecule has 0 spiro atoms. The van der Waals surface area contributed by atoms with Gasteiger partial charge in [-0.25, -0.2) is 27.8 Å². The third kappa shape index (κ3) is 4.27. The fraction of sp³-hybridized carbons (Fsp3) is 0.333. The van der Waals surface area contributed by atoms with E-state index in [4.69, 9.17) is 0 Å². The van der Waals surface area contributed by atoms with Gasteiger partial charge in [0.25, 0.3) is 10.0 Å². The van der Waals surface area contributed by atoms with Gasteiger partial charge in [0.2, 0.25) is 0 Å². The van der Waals surface area contributed by atoms with Crippen LogP contribution in [0.25, 0.3) is 0 Å². The van der Waals surface area contributed by atoms with Crippen LogP contribution < -0.4 is 5.32 Å². The van der Waals surface area contributed by atoms with Crippen molar-refractivity contribution in [2.24, 2.45) is 7.05 Å². The van der Waals surface area contributed by atoms with Crippen LogP contribution in [0.5, 0.6) is 0 Å². The van der Waals surface area contributed by atoms with Crippen molar-refractivity contribution < 1.29 is 26.0 Å². The maximum atomic E-state index is 14.5. The first-order valence-corrected chi connectivity index (χ1v) is 10.7. The standard InChI is InChI=1S/C18H17F4N7O2S/c1-28-8-16(26-10-28)32(30,31)29-6-11(17-12(19)3-2-4-23-17)13(7-29)27-15-5-14(18(20,21)22)24-9-25-15/h2-5,8-11,13H,6-7H2,1H3,(H,24,25,27). The van der Waals surface area contributed by atoms with Gasteiger partial charge in [-0.15, -0.1) is 0 Å². The van der Waals surface area contributed by atoms with Gasteiger partial charge >= 0.3 is 6.18 Å². The molecule has 0 aliphatic carbocycles. The van der Waals surface area contributed by atoms with Crippen LogP contribution in [0.2, 0.25) is 0 Å². The van der Waals surface area contributed by atoms with Gasteiger partial charge in [0.15, 0.2) is 5.03 Å². The Labute approximate surface area is 180 Å². The largest absolute Gasteiger partial charge is 0.433 e. The van der Waals surface area contributed by atoms with Gasteiger partial charge in [-0.3, -0.25) is 4.98 Å². The zero-order valence-electron chi connectivity index (χ0n) is 16.5. The third-order valence-corrected chi connectivity index (χ3v) is 6.72. The number of aryl methyl sites for hydroxylation is 1. The first-order chi connectivity index (χ1) is 15.1. The summed E-state index contributed by atoms with van der Waals surface area (Å²) in [6, 6.07) is 2.47. The van der Waals surface area contributed by atoms with E-state index in [2.05, 4.69) is 25.3 Å². The Kier molecular flexibility index (Phi) is 5.58. The van der Waals surface area contributed by atoms with Crippen molar-refractivity contribution in [1.82, 2.24) is 28.8 Å². The predicted molar refractivity (Wildman–Crippen MR) is 103 cm³/mol. The normalized spacial score (nSPS) is 19.9. The molecule has 0 aromatic carbocycles. The molecule has 1 aliphatic rings. The highest BCUT2D eigenvalue weighted by molar-refractivity contribution is 7.89. The van der Waals surface area contributed by atoms with Crippen LogP contribution >= 0.6 is 0 Å². The van der Waals surface area contributed by atoms with Crippen LogP contribution in [-0.4, -0.2) is 56.4 Å². The average Bonchev–Trinajstić information content (AvgIpc) is 3.35. The highest BCUT2D eigenvalue weighted by Crippen LogP contribution is 2.34. The van der Waals surface area contributed by atoms with Crippen molar-refractivity contribution in [2.45, 2.75) is 23.2 Å². The number of hydrogen-bond donors (Lipinski definition) is 1. The summed E-state index contributed by atoms with van der Waals surface area (Å²) in [5.41, 5.74) is -1.17. The Hall–Kier alpha value is -3.13. The second kappa shape index (κ2) is 8.09. The van der Waals surface area contributed by atoms with Crippen molar-refractivity contribution in [2.75, 3.05) is 18.4 Å². The summed E-state index contributed by atoms with van der Waals surface area (Å²) in [6.45, 7) is -0.313. The predicted octanol–water partition coefficient (Wildman–Crippen LogP) is 2.03. The summed E-state index contributed by atoms with van der Waals surface area (Å²) in [4.78, 5) is 14.9. The zero-order chi connectivity index (χ0) is 23.1. The summed E-state index contributed by atoms with van der Waals surface area (Å²) < 4.78 is 82.1. The van der Waals surface area contributed by atoms with Gasteiger partial charge in [-0.1, -0.05) is 0 Å². The van der Waals surface area contributed by atoms with E-state index in [1.807, 2.05) is 0 Å². The molecule has 1 saturated heterocycles. The molecule has 1 aliphatic heterocycles. The average molecular weight is 471 g/mol. The number of alkyl halides is 3. The Morgan fingerprint density at radius 2 is 1.94 bits per heavy atom. The van der Waals surface area contributed by atoms with Crippen LogP contribution in [0.1, 0.15) is 17.3 Å². The molecule has 4 rings (SSSR count). The zero-order valence-corrected chi connectivity index (χ0v) is 17.3. The van der Waals surface area contributed by atoms with Crippen molar-refractivity contribution in [3.05, 3.63) is 60.5 Å². The van der Waals surface area contributed by atoms with Gasteiger partial charge in [0.05, 0.1) is 18.1 Å². The van der Waals surface area contributed by atoms with Crippen molar-refractivity contribution >= 4 is 15.8 Å². The fourth-order valence-corrected chi connectivity index (χ4v) is 4.95. The number of hydrogen-bond acceptors (Lipinski definition) is 7. The molecule has 1 N–H and O–H groups in total. The smallest absolute Gasteiger partial charge is 0.365 e. The van der Waals surface area contributed by atoms with Crippen LogP contribution in [0.4, 0.5) is 23.4 Å². The van der Waals surface area contributed by atoms with Crippen molar-refractivity contribution in [1.29, 1.82) is 0 Å². The quantitative estimate of drug-likeness (QED) is 0.568. The minimum atomic E-state index is -4.68. The molecular formula is C18H17F4N7O2S. The molecule has 2 atom stereocenters. The van der Waals surface area contributed by atoms with Gasteiger partial charge in [0, 0.05) is 44.5 Å². The molecule has 3 aromatic heterocycles. The van der Waals surface area contributed by atoms with Crippen molar-refractivity contribution in [3.8, 4) is 0 Å². The van der Waals surface area contributed by atoms with Gasteiger partial charge in [-0.2, -0.15) is 17.5 Å². The molecule has 0 bridgehead atoms. The van der Waals surface area contributed by atoms with Crippen LogP contribution in [0.3, 0.4) is 0 Å². The lowest BCUT2D eigenvalue weighted by atomic mass is 9.98. The van der Waals surface area contributed by atoms with E-state index in [1.54, 1.807) is 7.05 Å². The SMILES string of the molecule is Cn1cnc(S(=O)(=O)N2CC(Nc3cc(C(F)(F)F)ncn3)C(c3ncccc3F)C2)c1. The second-order valence-corrected chi connectivity index (χ2v) is 9.10. The van der Waals surface area contributed by atoms with E-state index in [0.29, 0.717) is 6.07 Å². The molecule has 9 nitrogen and oxygen atoms in total. The number of anilines is 1. The van der Waals surface area contributed by atoms with E-state index < -0.39 is 39.7 Å². The number of sulfonamides is 1. The van der Waals surface area contributed by atoms with Gasteiger partial charge < -0.3 is 9.88 Å². The topological polar surface area (TPSA) is 106 Å². The maximum absolute atomic E-state index is 14.5. The van der Waals surface area contributed by atoms with E-state index in [1.165, 1.54) is 35.4 Å². The molecule has 4 heterocycles. The number of imidazole rings is 1. The Morgan fingerprint density at radius 1 is 1.16 bits per heavy atom. The minimum Gasteiger partial charge on any atom is -0.365 e. The van der Waals surface area contributed by atoms with Crippen LogP contribution in [0.15, 0.2) is 48.3 Å². The monoisotopic (exact) mass is 471 g/mol. The van der Waals surface area contributed by atoms with Crippen LogP contribution in [0, 0.1) is 5.82 Å². The minimum absolute atomic E-state index is 0.00572. The molecule has 0 saturated carbocycles. The number of nitrogens with one attached hydrogen (secondary N) is 1. The number of nitrogens with zero attached hydrogens (tertiary/aromatic N) is 6. The maximum Gasteiger partial charge on any atom is 0.433 e. The fourth-order valence-electron chi connectivity index (χ4n) is 3.49.